The van der Waals surface area contributed by atoms with Crippen LogP contribution in [0.1, 0.15) is 20.8 Å². The molecule has 1 atom stereocenters. The fourth-order valence-electron chi connectivity index (χ4n) is 2.28. The van der Waals surface area contributed by atoms with E-state index in [1.165, 1.54) is 6.92 Å². The molecule has 2 rings (SSSR count). The van der Waals surface area contributed by atoms with Crippen molar-refractivity contribution in [2.45, 2.75) is 26.8 Å². The third-order valence-corrected chi connectivity index (χ3v) is 3.14. The summed E-state index contributed by atoms with van der Waals surface area (Å²) in [5.74, 6) is -2.31. The van der Waals surface area contributed by atoms with Crippen molar-refractivity contribution in [3.05, 3.63) is 11.3 Å². The second-order valence-corrected chi connectivity index (χ2v) is 4.30. The number of ether oxygens (including phenoxy) is 1. The second-order valence-electron chi connectivity index (χ2n) is 4.30. The molecule has 0 radical (unpaired) electrons. The Morgan fingerprint density at radius 2 is 1.95 bits per heavy atom. The van der Waals surface area contributed by atoms with E-state index in [9.17, 15) is 19.2 Å². The topological polar surface area (TPSA) is 96.0 Å². The normalized spacial score (nSPS) is 21.2. The van der Waals surface area contributed by atoms with Gasteiger partial charge in [-0.05, 0) is 13.8 Å². The van der Waals surface area contributed by atoms with Gasteiger partial charge in [0.1, 0.15) is 0 Å². The van der Waals surface area contributed by atoms with Gasteiger partial charge in [0.15, 0.2) is 11.7 Å². The lowest BCUT2D eigenvalue weighted by Gasteiger charge is -2.22. The van der Waals surface area contributed by atoms with E-state index in [4.69, 9.17) is 4.74 Å². The Labute approximate surface area is 115 Å². The summed E-state index contributed by atoms with van der Waals surface area (Å²) in [6.07, 6.45) is 0. The Hall–Kier alpha value is -2.38. The van der Waals surface area contributed by atoms with Crippen LogP contribution >= 0.6 is 0 Å². The number of esters is 1. The Bertz CT molecular complexity index is 539. The number of fused-ring (bicyclic) bond motifs is 1. The largest absolute Gasteiger partial charge is 0.461 e. The fraction of sp³-hybridized carbons (Fsp3) is 0.500. The molecule has 0 bridgehead atoms. The highest BCUT2D eigenvalue weighted by atomic mass is 16.5. The molecule has 0 unspecified atom stereocenters. The molecule has 108 valence electrons. The van der Waals surface area contributed by atoms with Crippen LogP contribution in [0.2, 0.25) is 0 Å². The lowest BCUT2D eigenvalue weighted by Crippen LogP contribution is -2.48. The van der Waals surface area contributed by atoms with Crippen molar-refractivity contribution in [2.24, 2.45) is 0 Å². The first-order valence-corrected chi connectivity index (χ1v) is 6.27. The number of carbonyl (C=O) groups excluding carboxylic acids is 4. The predicted octanol–water partition coefficient (Wildman–Crippen LogP) is -1.07. The molecular formula is C12H15N3O5. The van der Waals surface area contributed by atoms with E-state index in [0.29, 0.717) is 0 Å². The molecule has 0 aliphatic carbocycles. The van der Waals surface area contributed by atoms with E-state index in [0.717, 1.165) is 9.91 Å². The van der Waals surface area contributed by atoms with Crippen molar-refractivity contribution in [1.82, 2.24) is 15.3 Å². The minimum Gasteiger partial charge on any atom is -0.461 e. The van der Waals surface area contributed by atoms with E-state index >= 15 is 0 Å². The highest BCUT2D eigenvalue weighted by molar-refractivity contribution is 6.21. The van der Waals surface area contributed by atoms with Crippen LogP contribution in [0.5, 0.6) is 0 Å². The number of nitrogens with one attached hydrogen (secondary N) is 1. The first kappa shape index (κ1) is 14.0. The third kappa shape index (κ3) is 1.84. The lowest BCUT2D eigenvalue weighted by atomic mass is 10.1. The van der Waals surface area contributed by atoms with E-state index in [-0.39, 0.29) is 24.4 Å². The number of likely N-dealkylation sites (tertiary alicyclic amines) is 1. The third-order valence-electron chi connectivity index (χ3n) is 3.14. The average molecular weight is 281 g/mol. The number of rotatable bonds is 3. The predicted molar refractivity (Wildman–Crippen MR) is 65.5 cm³/mol. The van der Waals surface area contributed by atoms with E-state index in [2.05, 4.69) is 5.43 Å². The molecule has 1 fully saturated rings. The van der Waals surface area contributed by atoms with Crippen molar-refractivity contribution in [2.75, 3.05) is 13.2 Å². The summed E-state index contributed by atoms with van der Waals surface area (Å²) in [4.78, 5) is 48.7. The van der Waals surface area contributed by atoms with Crippen LogP contribution < -0.4 is 5.43 Å². The number of likely N-dealkylation sites (N-methyl/N-ethyl adjacent to an activating group) is 1. The molecule has 0 aromatic carbocycles. The summed E-state index contributed by atoms with van der Waals surface area (Å²) in [7, 11) is 0. The molecule has 0 aromatic heterocycles. The highest BCUT2D eigenvalue weighted by Gasteiger charge is 2.54. The number of amides is 3. The molecule has 2 heterocycles. The van der Waals surface area contributed by atoms with Crippen LogP contribution in [0, 0.1) is 0 Å². The van der Waals surface area contributed by atoms with Crippen LogP contribution in [0.4, 0.5) is 0 Å². The monoisotopic (exact) mass is 281 g/mol. The number of hydrazine groups is 1. The van der Waals surface area contributed by atoms with Gasteiger partial charge >= 0.3 is 5.97 Å². The molecule has 8 heteroatoms. The van der Waals surface area contributed by atoms with Gasteiger partial charge in [-0.25, -0.2) is 9.80 Å². The molecular weight excluding hydrogens is 266 g/mol. The van der Waals surface area contributed by atoms with Gasteiger partial charge in [-0.2, -0.15) is 0 Å². The summed E-state index contributed by atoms with van der Waals surface area (Å²) in [5.41, 5.74) is 2.34. The quantitative estimate of drug-likeness (QED) is 0.522. The maximum atomic E-state index is 12.2. The van der Waals surface area contributed by atoms with E-state index < -0.39 is 29.7 Å². The second kappa shape index (κ2) is 4.95. The summed E-state index contributed by atoms with van der Waals surface area (Å²) in [6, 6.07) is -1.08. The minimum atomic E-state index is -1.08. The molecule has 1 N–H and O–H groups in total. The standard InChI is InChI=1S/C12H15N3O5/c1-4-14-10(17)7-8(12(19)20-5-2)13-15(6(3)16)9(7)11(14)18/h9,13H,4-5H2,1-3H3/t9-/m0/s1. The summed E-state index contributed by atoms with van der Waals surface area (Å²) >= 11 is 0. The minimum absolute atomic E-state index is 0.0227. The highest BCUT2D eigenvalue weighted by Crippen LogP contribution is 2.31. The zero-order valence-electron chi connectivity index (χ0n) is 11.4. The van der Waals surface area contributed by atoms with Gasteiger partial charge in [0.25, 0.3) is 11.8 Å². The zero-order valence-corrected chi connectivity index (χ0v) is 11.4. The summed E-state index contributed by atoms with van der Waals surface area (Å²) < 4.78 is 4.84. The van der Waals surface area contributed by atoms with Crippen molar-refractivity contribution < 1.29 is 23.9 Å². The average Bonchev–Trinajstić information content (AvgIpc) is 2.89. The molecule has 3 amide bonds. The molecule has 2 aliphatic rings. The van der Waals surface area contributed by atoms with Crippen LogP contribution in [0.25, 0.3) is 0 Å². The Balaban J connectivity index is 2.48. The van der Waals surface area contributed by atoms with Crippen molar-refractivity contribution in [3.8, 4) is 0 Å². The SMILES string of the molecule is CCOC(=O)C1=C2C(=O)N(CC)C(=O)[C@H]2N(C(C)=O)N1. The van der Waals surface area contributed by atoms with Crippen LogP contribution in [-0.2, 0) is 23.9 Å². The number of carbonyl (C=O) groups is 4. The molecule has 20 heavy (non-hydrogen) atoms. The van der Waals surface area contributed by atoms with Gasteiger partial charge in [-0.3, -0.25) is 24.7 Å². The molecule has 1 saturated heterocycles. The smallest absolute Gasteiger partial charge is 0.356 e. The molecule has 8 nitrogen and oxygen atoms in total. The number of hydrogen-bond donors (Lipinski definition) is 1. The van der Waals surface area contributed by atoms with E-state index in [1.54, 1.807) is 13.8 Å². The van der Waals surface area contributed by atoms with E-state index in [1.807, 2.05) is 0 Å². The van der Waals surface area contributed by atoms with Gasteiger partial charge in [-0.15, -0.1) is 0 Å². The van der Waals surface area contributed by atoms with Gasteiger partial charge in [0, 0.05) is 13.5 Å². The Kier molecular flexibility index (Phi) is 3.47. The van der Waals surface area contributed by atoms with Crippen LogP contribution in [0.3, 0.4) is 0 Å². The van der Waals surface area contributed by atoms with Crippen molar-refractivity contribution >= 4 is 23.7 Å². The van der Waals surface area contributed by atoms with Gasteiger partial charge < -0.3 is 4.74 Å². The molecule has 0 spiro atoms. The Morgan fingerprint density at radius 1 is 1.30 bits per heavy atom. The molecule has 0 aromatic rings. The van der Waals surface area contributed by atoms with Gasteiger partial charge in [0.2, 0.25) is 5.91 Å². The maximum Gasteiger partial charge on any atom is 0.356 e. The van der Waals surface area contributed by atoms with Gasteiger partial charge in [-0.1, -0.05) is 0 Å². The van der Waals surface area contributed by atoms with Crippen molar-refractivity contribution in [3.63, 3.8) is 0 Å². The summed E-state index contributed by atoms with van der Waals surface area (Å²) in [6.45, 7) is 4.82. The summed E-state index contributed by atoms with van der Waals surface area (Å²) in [5, 5.41) is 0.984. The fourth-order valence-corrected chi connectivity index (χ4v) is 2.28. The first-order valence-electron chi connectivity index (χ1n) is 6.27. The maximum absolute atomic E-state index is 12.2. The number of nitrogens with zero attached hydrogens (tertiary/aromatic N) is 2. The van der Waals surface area contributed by atoms with Crippen LogP contribution in [0.15, 0.2) is 11.3 Å². The first-order chi connectivity index (χ1) is 9.43. The molecule has 0 saturated carbocycles. The Morgan fingerprint density at radius 3 is 2.45 bits per heavy atom. The number of imide groups is 1. The number of hydrogen-bond acceptors (Lipinski definition) is 6. The van der Waals surface area contributed by atoms with Gasteiger partial charge in [0.05, 0.1) is 12.2 Å². The molecule has 2 aliphatic heterocycles. The zero-order chi connectivity index (χ0) is 15.0. The lowest BCUT2D eigenvalue weighted by molar-refractivity contribution is -0.146. The van der Waals surface area contributed by atoms with Crippen molar-refractivity contribution in [1.29, 1.82) is 0 Å². The van der Waals surface area contributed by atoms with Crippen LogP contribution in [-0.4, -0.2) is 52.8 Å².